The average Bonchev–Trinajstić information content (AvgIpc) is 3.25. The number of amides is 1. The Labute approximate surface area is 153 Å². The zero-order chi connectivity index (χ0) is 18.1. The number of nitriles is 1. The number of aromatic amines is 1. The maximum atomic E-state index is 13.2. The van der Waals surface area contributed by atoms with Crippen molar-refractivity contribution >= 4 is 22.6 Å². The van der Waals surface area contributed by atoms with Crippen LogP contribution >= 0.6 is 0 Å². The maximum absolute atomic E-state index is 13.2. The Bertz CT molecular complexity index is 853. The number of rotatable bonds is 2. The number of pyridine rings is 1. The number of aromatic nitrogens is 2. The summed E-state index contributed by atoms with van der Waals surface area (Å²) in [5.41, 5.74) is 2.22. The summed E-state index contributed by atoms with van der Waals surface area (Å²) < 4.78 is 0. The molecule has 4 rings (SSSR count). The molecule has 2 aliphatic rings. The van der Waals surface area contributed by atoms with Crippen LogP contribution < -0.4 is 4.90 Å². The maximum Gasteiger partial charge on any atom is 0.245 e. The largest absolute Gasteiger partial charge is 0.359 e. The first kappa shape index (κ1) is 16.9. The second-order valence-corrected chi connectivity index (χ2v) is 7.20. The lowest BCUT2D eigenvalue weighted by molar-refractivity contribution is -0.132. The van der Waals surface area contributed by atoms with Crippen LogP contribution in [0.15, 0.2) is 18.5 Å². The van der Waals surface area contributed by atoms with Crippen molar-refractivity contribution in [1.29, 1.82) is 5.26 Å². The molecule has 2 aromatic rings. The van der Waals surface area contributed by atoms with Gasteiger partial charge in [0.25, 0.3) is 0 Å². The fourth-order valence-corrected chi connectivity index (χ4v) is 4.16. The highest BCUT2D eigenvalue weighted by Crippen LogP contribution is 2.33. The van der Waals surface area contributed by atoms with Crippen LogP contribution in [-0.4, -0.2) is 71.5 Å². The van der Waals surface area contributed by atoms with Crippen molar-refractivity contribution in [2.24, 2.45) is 0 Å². The van der Waals surface area contributed by atoms with E-state index in [9.17, 15) is 10.1 Å². The van der Waals surface area contributed by atoms with E-state index in [1.54, 1.807) is 12.4 Å². The second kappa shape index (κ2) is 6.96. The lowest BCUT2D eigenvalue weighted by Crippen LogP contribution is -2.47. The van der Waals surface area contributed by atoms with E-state index in [1.807, 2.05) is 11.0 Å². The zero-order valence-electron chi connectivity index (χ0n) is 15.1. The van der Waals surface area contributed by atoms with E-state index in [0.29, 0.717) is 11.2 Å². The molecule has 2 fully saturated rings. The van der Waals surface area contributed by atoms with E-state index < -0.39 is 0 Å². The summed E-state index contributed by atoms with van der Waals surface area (Å²) in [5.74, 6) is 0.219. The molecular weight excluding hydrogens is 328 g/mol. The van der Waals surface area contributed by atoms with Crippen LogP contribution in [0.25, 0.3) is 11.0 Å². The number of hydrogen-bond donors (Lipinski definition) is 1. The van der Waals surface area contributed by atoms with E-state index in [2.05, 4.69) is 32.9 Å². The van der Waals surface area contributed by atoms with Gasteiger partial charge in [0.1, 0.15) is 17.8 Å². The van der Waals surface area contributed by atoms with Gasteiger partial charge >= 0.3 is 0 Å². The smallest absolute Gasteiger partial charge is 0.245 e. The Morgan fingerprint density at radius 3 is 3.00 bits per heavy atom. The number of carbonyl (C=O) groups excluding carboxylic acids is 1. The summed E-state index contributed by atoms with van der Waals surface area (Å²) in [4.78, 5) is 27.1. The van der Waals surface area contributed by atoms with Gasteiger partial charge in [0.15, 0.2) is 0 Å². The Morgan fingerprint density at radius 1 is 1.27 bits per heavy atom. The molecule has 1 atom stereocenters. The molecule has 26 heavy (non-hydrogen) atoms. The Hall–Kier alpha value is -2.59. The molecule has 0 aromatic carbocycles. The fourth-order valence-electron chi connectivity index (χ4n) is 4.16. The molecular formula is C19H24N6O. The predicted molar refractivity (Wildman–Crippen MR) is 99.9 cm³/mol. The highest BCUT2D eigenvalue weighted by molar-refractivity contribution is 5.97. The van der Waals surface area contributed by atoms with Gasteiger partial charge in [0, 0.05) is 38.6 Å². The summed E-state index contributed by atoms with van der Waals surface area (Å²) in [6.07, 6.45) is 6.31. The highest BCUT2D eigenvalue weighted by atomic mass is 16.2. The van der Waals surface area contributed by atoms with Crippen LogP contribution in [0.2, 0.25) is 0 Å². The van der Waals surface area contributed by atoms with Gasteiger partial charge in [0.05, 0.1) is 16.6 Å². The molecule has 2 aromatic heterocycles. The van der Waals surface area contributed by atoms with E-state index in [4.69, 9.17) is 0 Å². The van der Waals surface area contributed by atoms with Crippen LogP contribution in [0.4, 0.5) is 5.69 Å². The summed E-state index contributed by atoms with van der Waals surface area (Å²) in [6.45, 7) is 4.41. The SMILES string of the molecule is CN1CCCN(C(=O)[C@H]2CCCN2c2ccnc3[nH]cc(C#N)c23)CC1. The minimum absolute atomic E-state index is 0.148. The van der Waals surface area contributed by atoms with Gasteiger partial charge in [-0.1, -0.05) is 0 Å². The van der Waals surface area contributed by atoms with Crippen LogP contribution in [0.1, 0.15) is 24.8 Å². The molecule has 0 spiro atoms. The molecule has 0 radical (unpaired) electrons. The standard InChI is InChI=1S/C19H24N6O/c1-23-7-3-8-24(11-10-23)19(26)16-4-2-9-25(16)15-5-6-21-18-17(15)14(12-20)13-22-18/h5-6,13,16H,2-4,7-11H2,1H3,(H,21,22)/t16-/m1/s1. The number of hydrogen-bond acceptors (Lipinski definition) is 5. The minimum Gasteiger partial charge on any atom is -0.359 e. The van der Waals surface area contributed by atoms with Crippen LogP contribution in [0.3, 0.4) is 0 Å². The third-order valence-electron chi connectivity index (χ3n) is 5.55. The highest BCUT2D eigenvalue weighted by Gasteiger charge is 2.35. The third-order valence-corrected chi connectivity index (χ3v) is 5.55. The monoisotopic (exact) mass is 352 g/mol. The van der Waals surface area contributed by atoms with Crippen LogP contribution in [-0.2, 0) is 4.79 Å². The Kier molecular flexibility index (Phi) is 4.51. The van der Waals surface area contributed by atoms with Crippen molar-refractivity contribution in [3.63, 3.8) is 0 Å². The first-order chi connectivity index (χ1) is 12.7. The molecule has 2 aliphatic heterocycles. The number of H-pyrrole nitrogens is 1. The van der Waals surface area contributed by atoms with Gasteiger partial charge in [-0.3, -0.25) is 4.79 Å². The molecule has 136 valence electrons. The Morgan fingerprint density at radius 2 is 2.15 bits per heavy atom. The summed E-state index contributed by atoms with van der Waals surface area (Å²) in [6, 6.07) is 4.02. The van der Waals surface area contributed by atoms with Gasteiger partial charge in [-0.15, -0.1) is 0 Å². The lowest BCUT2D eigenvalue weighted by Gasteiger charge is -2.31. The molecule has 0 saturated carbocycles. The van der Waals surface area contributed by atoms with E-state index in [1.165, 1.54) is 0 Å². The van der Waals surface area contributed by atoms with E-state index in [0.717, 1.165) is 63.1 Å². The first-order valence-electron chi connectivity index (χ1n) is 9.29. The molecule has 7 nitrogen and oxygen atoms in total. The number of fused-ring (bicyclic) bond motifs is 1. The molecule has 0 unspecified atom stereocenters. The van der Waals surface area contributed by atoms with E-state index >= 15 is 0 Å². The average molecular weight is 352 g/mol. The molecule has 1 amide bonds. The Balaban J connectivity index is 1.64. The van der Waals surface area contributed by atoms with Gasteiger partial charge in [-0.2, -0.15) is 5.26 Å². The van der Waals surface area contributed by atoms with Crippen LogP contribution in [0, 0.1) is 11.3 Å². The van der Waals surface area contributed by atoms with Gasteiger partial charge in [-0.25, -0.2) is 4.98 Å². The minimum atomic E-state index is -0.148. The van der Waals surface area contributed by atoms with Gasteiger partial charge < -0.3 is 19.7 Å². The number of likely N-dealkylation sites (N-methyl/N-ethyl adjacent to an activating group) is 1. The number of nitrogens with one attached hydrogen (secondary N) is 1. The molecule has 4 heterocycles. The summed E-state index contributed by atoms with van der Waals surface area (Å²) >= 11 is 0. The topological polar surface area (TPSA) is 79.3 Å². The van der Waals surface area contributed by atoms with Gasteiger partial charge in [0.2, 0.25) is 5.91 Å². The van der Waals surface area contributed by atoms with Crippen molar-refractivity contribution in [1.82, 2.24) is 19.8 Å². The summed E-state index contributed by atoms with van der Waals surface area (Å²) in [7, 11) is 2.11. The van der Waals surface area contributed by atoms with Crippen molar-refractivity contribution in [3.8, 4) is 6.07 Å². The fraction of sp³-hybridized carbons (Fsp3) is 0.526. The molecule has 2 saturated heterocycles. The molecule has 0 aliphatic carbocycles. The van der Waals surface area contributed by atoms with Crippen LogP contribution in [0.5, 0.6) is 0 Å². The van der Waals surface area contributed by atoms with Crippen molar-refractivity contribution < 1.29 is 4.79 Å². The first-order valence-corrected chi connectivity index (χ1v) is 9.29. The second-order valence-electron chi connectivity index (χ2n) is 7.20. The lowest BCUT2D eigenvalue weighted by atomic mass is 10.1. The zero-order valence-corrected chi connectivity index (χ0v) is 15.1. The van der Waals surface area contributed by atoms with Crippen molar-refractivity contribution in [3.05, 3.63) is 24.0 Å². The summed E-state index contributed by atoms with van der Waals surface area (Å²) in [5, 5.41) is 10.3. The molecule has 1 N–H and O–H groups in total. The van der Waals surface area contributed by atoms with E-state index in [-0.39, 0.29) is 11.9 Å². The third kappa shape index (κ3) is 2.90. The normalized spacial score (nSPS) is 21.8. The predicted octanol–water partition coefficient (Wildman–Crippen LogP) is 1.57. The van der Waals surface area contributed by atoms with Gasteiger partial charge in [-0.05, 0) is 38.9 Å². The number of nitrogens with zero attached hydrogens (tertiary/aromatic N) is 5. The van der Waals surface area contributed by atoms with Crippen molar-refractivity contribution in [2.45, 2.75) is 25.3 Å². The molecule has 0 bridgehead atoms. The molecule has 7 heteroatoms. The number of carbonyl (C=O) groups is 1. The quantitative estimate of drug-likeness (QED) is 0.887. The van der Waals surface area contributed by atoms with Crippen molar-refractivity contribution in [2.75, 3.05) is 44.7 Å². The number of anilines is 1.